The second kappa shape index (κ2) is 5.01. The molecule has 0 saturated carbocycles. The van der Waals surface area contributed by atoms with E-state index in [4.69, 9.17) is 19.3 Å². The average Bonchev–Trinajstić information content (AvgIpc) is 2.19. The SMILES string of the molecule is CO[C@@H]1O[C@H](CO)[C@@H](O)[C@H](OC)[C@H]1O. The Hall–Kier alpha value is -0.240. The highest BCUT2D eigenvalue weighted by Crippen LogP contribution is 2.23. The second-order valence-corrected chi connectivity index (χ2v) is 3.14. The third kappa shape index (κ3) is 2.05. The van der Waals surface area contributed by atoms with Crippen LogP contribution in [-0.4, -0.2) is 66.9 Å². The molecule has 1 fully saturated rings. The van der Waals surface area contributed by atoms with Crippen molar-refractivity contribution in [3.8, 4) is 0 Å². The molecule has 0 spiro atoms. The monoisotopic (exact) mass is 208 g/mol. The van der Waals surface area contributed by atoms with Crippen LogP contribution in [0.2, 0.25) is 0 Å². The Kier molecular flexibility index (Phi) is 4.24. The van der Waals surface area contributed by atoms with Crippen molar-refractivity contribution < 1.29 is 29.5 Å². The van der Waals surface area contributed by atoms with Gasteiger partial charge in [0.05, 0.1) is 6.61 Å². The van der Waals surface area contributed by atoms with Crippen LogP contribution in [0.3, 0.4) is 0 Å². The third-order valence-electron chi connectivity index (χ3n) is 2.33. The third-order valence-corrected chi connectivity index (χ3v) is 2.33. The molecule has 3 N–H and O–H groups in total. The maximum Gasteiger partial charge on any atom is 0.186 e. The first-order valence-electron chi connectivity index (χ1n) is 4.33. The van der Waals surface area contributed by atoms with Gasteiger partial charge in [0, 0.05) is 14.2 Å². The number of rotatable bonds is 3. The Bertz CT molecular complexity index is 159. The predicted octanol–water partition coefficient (Wildman–Crippen LogP) is -1.91. The fourth-order valence-corrected chi connectivity index (χ4v) is 1.53. The fourth-order valence-electron chi connectivity index (χ4n) is 1.53. The van der Waals surface area contributed by atoms with Gasteiger partial charge < -0.3 is 29.5 Å². The fraction of sp³-hybridized carbons (Fsp3) is 1.00. The first-order chi connectivity index (χ1) is 6.65. The first-order valence-corrected chi connectivity index (χ1v) is 4.33. The predicted molar refractivity (Wildman–Crippen MR) is 45.6 cm³/mol. The molecule has 5 atom stereocenters. The van der Waals surface area contributed by atoms with Gasteiger partial charge >= 0.3 is 0 Å². The molecule has 0 aromatic heterocycles. The minimum atomic E-state index is -1.07. The lowest BCUT2D eigenvalue weighted by Gasteiger charge is -2.40. The number of ether oxygens (including phenoxy) is 3. The number of aliphatic hydroxyl groups excluding tert-OH is 3. The van der Waals surface area contributed by atoms with Gasteiger partial charge in [-0.15, -0.1) is 0 Å². The number of hydrogen-bond acceptors (Lipinski definition) is 6. The van der Waals surface area contributed by atoms with Crippen molar-refractivity contribution in [1.29, 1.82) is 0 Å². The summed E-state index contributed by atoms with van der Waals surface area (Å²) in [6.45, 7) is -0.354. The van der Waals surface area contributed by atoms with Crippen molar-refractivity contribution in [2.75, 3.05) is 20.8 Å². The van der Waals surface area contributed by atoms with Crippen molar-refractivity contribution in [2.45, 2.75) is 30.7 Å². The summed E-state index contributed by atoms with van der Waals surface area (Å²) in [6, 6.07) is 0. The topological polar surface area (TPSA) is 88.4 Å². The quantitative estimate of drug-likeness (QED) is 0.501. The molecule has 1 heterocycles. The van der Waals surface area contributed by atoms with Crippen molar-refractivity contribution >= 4 is 0 Å². The maximum atomic E-state index is 9.60. The minimum Gasteiger partial charge on any atom is -0.394 e. The minimum absolute atomic E-state index is 0.354. The molecule has 14 heavy (non-hydrogen) atoms. The highest BCUT2D eigenvalue weighted by atomic mass is 16.7. The number of hydrogen-bond donors (Lipinski definition) is 3. The summed E-state index contributed by atoms with van der Waals surface area (Å²) in [4.78, 5) is 0. The molecule has 0 bridgehead atoms. The summed E-state index contributed by atoms with van der Waals surface area (Å²) >= 11 is 0. The van der Waals surface area contributed by atoms with E-state index in [1.54, 1.807) is 0 Å². The van der Waals surface area contributed by atoms with Gasteiger partial charge in [-0.2, -0.15) is 0 Å². The van der Waals surface area contributed by atoms with E-state index in [-0.39, 0.29) is 6.61 Å². The van der Waals surface area contributed by atoms with Crippen LogP contribution in [0.1, 0.15) is 0 Å². The molecule has 84 valence electrons. The normalized spacial score (nSPS) is 43.9. The lowest BCUT2D eigenvalue weighted by Crippen LogP contribution is -2.59. The Morgan fingerprint density at radius 3 is 2.21 bits per heavy atom. The van der Waals surface area contributed by atoms with Crippen LogP contribution in [0.25, 0.3) is 0 Å². The summed E-state index contributed by atoms with van der Waals surface area (Å²) in [5.74, 6) is 0. The zero-order chi connectivity index (χ0) is 10.7. The zero-order valence-corrected chi connectivity index (χ0v) is 8.16. The summed E-state index contributed by atoms with van der Waals surface area (Å²) < 4.78 is 14.8. The van der Waals surface area contributed by atoms with Crippen LogP contribution in [0.5, 0.6) is 0 Å². The zero-order valence-electron chi connectivity index (χ0n) is 8.16. The molecule has 6 heteroatoms. The maximum absolute atomic E-state index is 9.60. The van der Waals surface area contributed by atoms with E-state index >= 15 is 0 Å². The smallest absolute Gasteiger partial charge is 0.186 e. The molecule has 1 aliphatic heterocycles. The second-order valence-electron chi connectivity index (χ2n) is 3.14. The van der Waals surface area contributed by atoms with Crippen LogP contribution >= 0.6 is 0 Å². The van der Waals surface area contributed by atoms with E-state index in [1.165, 1.54) is 14.2 Å². The van der Waals surface area contributed by atoms with E-state index in [9.17, 15) is 10.2 Å². The number of aliphatic hydroxyl groups is 3. The molecular weight excluding hydrogens is 192 g/mol. The highest BCUT2D eigenvalue weighted by Gasteiger charge is 2.44. The summed E-state index contributed by atoms with van der Waals surface area (Å²) in [5.41, 5.74) is 0. The molecule has 6 nitrogen and oxygen atoms in total. The van der Waals surface area contributed by atoms with Crippen molar-refractivity contribution in [3.63, 3.8) is 0 Å². The Morgan fingerprint density at radius 2 is 1.79 bits per heavy atom. The standard InChI is InChI=1S/C8H16O6/c1-12-7-5(10)4(3-9)14-8(13-2)6(7)11/h4-11H,3H2,1-2H3/t4-,5-,6-,7+,8-/m1/s1. The first kappa shape index (κ1) is 11.8. The summed E-state index contributed by atoms with van der Waals surface area (Å²) in [6.07, 6.45) is -4.63. The van der Waals surface area contributed by atoms with Crippen molar-refractivity contribution in [2.24, 2.45) is 0 Å². The van der Waals surface area contributed by atoms with Gasteiger partial charge in [0.15, 0.2) is 6.29 Å². The number of methoxy groups -OCH3 is 2. The lowest BCUT2D eigenvalue weighted by atomic mass is 9.99. The van der Waals surface area contributed by atoms with Gasteiger partial charge in [0.2, 0.25) is 0 Å². The molecule has 1 saturated heterocycles. The van der Waals surface area contributed by atoms with Crippen LogP contribution in [-0.2, 0) is 14.2 Å². The highest BCUT2D eigenvalue weighted by molar-refractivity contribution is 4.89. The van der Waals surface area contributed by atoms with Crippen LogP contribution in [0.4, 0.5) is 0 Å². The molecule has 0 aromatic rings. The molecule has 1 rings (SSSR count). The summed E-state index contributed by atoms with van der Waals surface area (Å²) in [5, 5.41) is 28.1. The van der Waals surface area contributed by atoms with Crippen LogP contribution in [0.15, 0.2) is 0 Å². The van der Waals surface area contributed by atoms with Crippen molar-refractivity contribution in [1.82, 2.24) is 0 Å². The van der Waals surface area contributed by atoms with Gasteiger partial charge in [-0.3, -0.25) is 0 Å². The van der Waals surface area contributed by atoms with Gasteiger partial charge in [-0.05, 0) is 0 Å². The van der Waals surface area contributed by atoms with E-state index in [2.05, 4.69) is 0 Å². The Labute approximate surface area is 82.0 Å². The van der Waals surface area contributed by atoms with Crippen LogP contribution in [0, 0.1) is 0 Å². The largest absolute Gasteiger partial charge is 0.394 e. The van der Waals surface area contributed by atoms with E-state index in [0.29, 0.717) is 0 Å². The molecule has 0 amide bonds. The average molecular weight is 208 g/mol. The summed E-state index contributed by atoms with van der Waals surface area (Å²) in [7, 11) is 2.73. The van der Waals surface area contributed by atoms with Gasteiger partial charge in [-0.1, -0.05) is 0 Å². The Balaban J connectivity index is 2.72. The Morgan fingerprint density at radius 1 is 1.14 bits per heavy atom. The molecule has 0 unspecified atom stereocenters. The molecular formula is C8H16O6. The van der Waals surface area contributed by atoms with Gasteiger partial charge in [0.1, 0.15) is 24.4 Å². The molecule has 0 aromatic carbocycles. The van der Waals surface area contributed by atoms with Crippen LogP contribution < -0.4 is 0 Å². The lowest BCUT2D eigenvalue weighted by molar-refractivity contribution is -0.298. The van der Waals surface area contributed by atoms with E-state index in [0.717, 1.165) is 0 Å². The van der Waals surface area contributed by atoms with Gasteiger partial charge in [-0.25, -0.2) is 0 Å². The molecule has 0 aliphatic carbocycles. The molecule has 0 radical (unpaired) electrons. The van der Waals surface area contributed by atoms with Gasteiger partial charge in [0.25, 0.3) is 0 Å². The van der Waals surface area contributed by atoms with Crippen molar-refractivity contribution in [3.05, 3.63) is 0 Å². The molecule has 1 aliphatic rings. The van der Waals surface area contributed by atoms with E-state index < -0.39 is 30.7 Å². The van der Waals surface area contributed by atoms with E-state index in [1.807, 2.05) is 0 Å².